The van der Waals surface area contributed by atoms with Gasteiger partial charge in [0, 0.05) is 0 Å². The molecule has 0 fully saturated rings. The molecule has 0 aliphatic rings. The van der Waals surface area contributed by atoms with Gasteiger partial charge in [0.2, 0.25) is 0 Å². The molecule has 132 valence electrons. The average molecular weight is 341 g/mol. The van der Waals surface area contributed by atoms with Gasteiger partial charge in [-0.25, -0.2) is 0 Å². The third-order valence-corrected chi connectivity index (χ3v) is 4.81. The summed E-state index contributed by atoms with van der Waals surface area (Å²) in [5, 5.41) is 0. The van der Waals surface area contributed by atoms with Crippen LogP contribution in [0.25, 0.3) is 11.6 Å². The molecule has 0 saturated carbocycles. The Labute approximate surface area is 158 Å². The van der Waals surface area contributed by atoms with Crippen LogP contribution in [0.3, 0.4) is 0 Å². The maximum Gasteiger partial charge on any atom is -0.0105 e. The van der Waals surface area contributed by atoms with Gasteiger partial charge in [-0.3, -0.25) is 0 Å². The van der Waals surface area contributed by atoms with Gasteiger partial charge in [-0.15, -0.1) is 0 Å². The van der Waals surface area contributed by atoms with E-state index >= 15 is 0 Å². The Hall–Kier alpha value is -2.60. The Morgan fingerprint density at radius 1 is 0.615 bits per heavy atom. The molecule has 0 spiro atoms. The van der Waals surface area contributed by atoms with E-state index in [-0.39, 0.29) is 5.41 Å². The first-order valence-electron chi connectivity index (χ1n) is 9.29. The summed E-state index contributed by atoms with van der Waals surface area (Å²) in [5.74, 6) is 0. The molecule has 0 aromatic heterocycles. The van der Waals surface area contributed by atoms with E-state index in [0.717, 1.165) is 0 Å². The first-order valence-corrected chi connectivity index (χ1v) is 9.29. The second kappa shape index (κ2) is 7.33. The molecule has 3 aromatic carbocycles. The standard InChI is InChI=1S/C26H28/c1-19-6-12-22(13-7-19)25(23-14-8-20(2)9-15-23)18-21-10-16-24(17-11-21)26(3,4)5/h6-18H,1-5H3. The summed E-state index contributed by atoms with van der Waals surface area (Å²) < 4.78 is 0. The molecule has 0 atom stereocenters. The Balaban J connectivity index is 2.06. The van der Waals surface area contributed by atoms with Crippen LogP contribution in [0.1, 0.15) is 54.2 Å². The molecule has 0 saturated heterocycles. The average Bonchev–Trinajstić information content (AvgIpc) is 2.61. The summed E-state index contributed by atoms with van der Waals surface area (Å²) >= 11 is 0. The predicted octanol–water partition coefficient (Wildman–Crippen LogP) is 7.19. The molecular formula is C26H28. The summed E-state index contributed by atoms with van der Waals surface area (Å²) in [7, 11) is 0. The van der Waals surface area contributed by atoms with Crippen molar-refractivity contribution in [1.29, 1.82) is 0 Å². The van der Waals surface area contributed by atoms with Crippen molar-refractivity contribution in [1.82, 2.24) is 0 Å². The first-order chi connectivity index (χ1) is 12.3. The van der Waals surface area contributed by atoms with Crippen LogP contribution in [0.2, 0.25) is 0 Å². The van der Waals surface area contributed by atoms with Crippen molar-refractivity contribution >= 4 is 11.6 Å². The highest BCUT2D eigenvalue weighted by Gasteiger charge is 2.13. The lowest BCUT2D eigenvalue weighted by Crippen LogP contribution is -2.10. The smallest absolute Gasteiger partial charge is 0.0105 e. The summed E-state index contributed by atoms with van der Waals surface area (Å²) in [6.07, 6.45) is 2.29. The van der Waals surface area contributed by atoms with Crippen LogP contribution in [0.4, 0.5) is 0 Å². The van der Waals surface area contributed by atoms with Crippen molar-refractivity contribution in [3.05, 3.63) is 106 Å². The lowest BCUT2D eigenvalue weighted by Gasteiger charge is -2.19. The first kappa shape index (κ1) is 18.2. The fraction of sp³-hybridized carbons (Fsp3) is 0.231. The number of rotatable bonds is 3. The summed E-state index contributed by atoms with van der Waals surface area (Å²) in [6, 6.07) is 26.5. The monoisotopic (exact) mass is 340 g/mol. The molecule has 0 unspecified atom stereocenters. The second-order valence-electron chi connectivity index (χ2n) is 8.16. The summed E-state index contributed by atoms with van der Waals surface area (Å²) in [5.41, 5.74) is 9.10. The van der Waals surface area contributed by atoms with Crippen LogP contribution in [0.15, 0.2) is 72.8 Å². The van der Waals surface area contributed by atoms with E-state index in [9.17, 15) is 0 Å². The van der Waals surface area contributed by atoms with Crippen molar-refractivity contribution in [2.45, 2.75) is 40.0 Å². The van der Waals surface area contributed by atoms with Crippen LogP contribution in [-0.4, -0.2) is 0 Å². The highest BCUT2D eigenvalue weighted by atomic mass is 14.2. The highest BCUT2D eigenvalue weighted by molar-refractivity contribution is 5.91. The van der Waals surface area contributed by atoms with Crippen molar-refractivity contribution in [3.63, 3.8) is 0 Å². The molecule has 0 amide bonds. The van der Waals surface area contributed by atoms with Crippen LogP contribution in [0, 0.1) is 13.8 Å². The van der Waals surface area contributed by atoms with E-state index in [4.69, 9.17) is 0 Å². The van der Waals surface area contributed by atoms with Crippen molar-refractivity contribution in [2.24, 2.45) is 0 Å². The molecule has 0 heteroatoms. The normalized spacial score (nSPS) is 11.3. The van der Waals surface area contributed by atoms with Gasteiger partial charge in [0.25, 0.3) is 0 Å². The molecule has 0 heterocycles. The van der Waals surface area contributed by atoms with Gasteiger partial charge in [-0.1, -0.05) is 105 Å². The van der Waals surface area contributed by atoms with Gasteiger partial charge < -0.3 is 0 Å². The fourth-order valence-corrected chi connectivity index (χ4v) is 3.05. The maximum atomic E-state index is 2.29. The number of benzene rings is 3. The third kappa shape index (κ3) is 4.32. The molecule has 0 aliphatic heterocycles. The Morgan fingerprint density at radius 2 is 1.04 bits per heavy atom. The molecule has 0 nitrogen and oxygen atoms in total. The molecule has 0 aliphatic carbocycles. The molecule has 0 radical (unpaired) electrons. The summed E-state index contributed by atoms with van der Waals surface area (Å²) in [6.45, 7) is 11.0. The molecule has 26 heavy (non-hydrogen) atoms. The van der Waals surface area contributed by atoms with E-state index in [0.29, 0.717) is 0 Å². The van der Waals surface area contributed by atoms with Crippen LogP contribution in [-0.2, 0) is 5.41 Å². The molecule has 3 aromatic rings. The van der Waals surface area contributed by atoms with E-state index in [1.807, 2.05) is 0 Å². The van der Waals surface area contributed by atoms with E-state index < -0.39 is 0 Å². The van der Waals surface area contributed by atoms with E-state index in [1.54, 1.807) is 0 Å². The zero-order valence-electron chi connectivity index (χ0n) is 16.5. The molecule has 0 N–H and O–H groups in total. The number of aryl methyl sites for hydroxylation is 2. The Bertz CT molecular complexity index is 837. The van der Waals surface area contributed by atoms with Crippen molar-refractivity contribution in [3.8, 4) is 0 Å². The predicted molar refractivity (Wildman–Crippen MR) is 114 cm³/mol. The SMILES string of the molecule is Cc1ccc(C(=Cc2ccc(C(C)(C)C)cc2)c2ccc(C)cc2)cc1. The quantitative estimate of drug-likeness (QED) is 0.443. The second-order valence-corrected chi connectivity index (χ2v) is 8.16. The fourth-order valence-electron chi connectivity index (χ4n) is 3.05. The third-order valence-electron chi connectivity index (χ3n) is 4.81. The van der Waals surface area contributed by atoms with Gasteiger partial charge in [0.15, 0.2) is 0 Å². The van der Waals surface area contributed by atoms with E-state index in [1.165, 1.54) is 39.0 Å². The zero-order valence-corrected chi connectivity index (χ0v) is 16.5. The van der Waals surface area contributed by atoms with Crippen molar-refractivity contribution < 1.29 is 0 Å². The van der Waals surface area contributed by atoms with Gasteiger partial charge in [-0.05, 0) is 53.2 Å². The van der Waals surface area contributed by atoms with Gasteiger partial charge in [-0.2, -0.15) is 0 Å². The topological polar surface area (TPSA) is 0 Å². The summed E-state index contributed by atoms with van der Waals surface area (Å²) in [4.78, 5) is 0. The minimum Gasteiger partial charge on any atom is -0.0587 e. The highest BCUT2D eigenvalue weighted by Crippen LogP contribution is 2.28. The van der Waals surface area contributed by atoms with Gasteiger partial charge >= 0.3 is 0 Å². The van der Waals surface area contributed by atoms with Crippen LogP contribution >= 0.6 is 0 Å². The Kier molecular flexibility index (Phi) is 5.13. The molecular weight excluding hydrogens is 312 g/mol. The number of hydrogen-bond acceptors (Lipinski definition) is 0. The molecule has 0 bridgehead atoms. The molecule has 3 rings (SSSR count). The van der Waals surface area contributed by atoms with Crippen molar-refractivity contribution in [2.75, 3.05) is 0 Å². The lowest BCUT2D eigenvalue weighted by molar-refractivity contribution is 0.590. The maximum absolute atomic E-state index is 2.29. The van der Waals surface area contributed by atoms with Crippen LogP contribution < -0.4 is 0 Å². The van der Waals surface area contributed by atoms with Gasteiger partial charge in [0.1, 0.15) is 0 Å². The zero-order chi connectivity index (χ0) is 18.7. The Morgan fingerprint density at radius 3 is 1.42 bits per heavy atom. The largest absolute Gasteiger partial charge is 0.0587 e. The minimum atomic E-state index is 0.180. The van der Waals surface area contributed by atoms with Crippen LogP contribution in [0.5, 0.6) is 0 Å². The number of hydrogen-bond donors (Lipinski definition) is 0. The lowest BCUT2D eigenvalue weighted by atomic mass is 9.86. The van der Waals surface area contributed by atoms with Gasteiger partial charge in [0.05, 0.1) is 0 Å². The van der Waals surface area contributed by atoms with E-state index in [2.05, 4.69) is 113 Å². The minimum absolute atomic E-state index is 0.180.